The second-order valence-electron chi connectivity index (χ2n) is 4.33. The van der Waals surface area contributed by atoms with E-state index in [-0.39, 0.29) is 0 Å². The smallest absolute Gasteiger partial charge is 0.0345 e. The molecule has 0 aliphatic carbocycles. The molecule has 1 heteroatoms. The van der Waals surface area contributed by atoms with Crippen molar-refractivity contribution in [3.63, 3.8) is 0 Å². The lowest BCUT2D eigenvalue weighted by Crippen LogP contribution is -1.92. The summed E-state index contributed by atoms with van der Waals surface area (Å²) in [7, 11) is 0. The van der Waals surface area contributed by atoms with Gasteiger partial charge in [-0.2, -0.15) is 0 Å². The lowest BCUT2D eigenvalue weighted by molar-refractivity contribution is 0.648. The Balaban J connectivity index is 2.40. The standard InChI is InChI=1S/C13H16S/c1-9(2)6-11-4-5-13-12(8-11)7-10(3)14-13/h4-5,7-9H,6H2,1-3H3. The Morgan fingerprint density at radius 1 is 1.21 bits per heavy atom. The van der Waals surface area contributed by atoms with Crippen molar-refractivity contribution < 1.29 is 0 Å². The summed E-state index contributed by atoms with van der Waals surface area (Å²) in [5.41, 5.74) is 1.46. The van der Waals surface area contributed by atoms with Crippen LogP contribution in [-0.4, -0.2) is 0 Å². The van der Waals surface area contributed by atoms with Crippen LogP contribution < -0.4 is 0 Å². The molecule has 0 bridgehead atoms. The molecule has 0 aliphatic heterocycles. The normalized spacial score (nSPS) is 11.4. The molecule has 1 aromatic carbocycles. The summed E-state index contributed by atoms with van der Waals surface area (Å²) >= 11 is 1.88. The fourth-order valence-corrected chi connectivity index (χ4v) is 2.73. The molecular formula is C13H16S. The molecule has 0 nitrogen and oxygen atoms in total. The molecule has 0 spiro atoms. The van der Waals surface area contributed by atoms with Crippen LogP contribution in [0.25, 0.3) is 10.1 Å². The largest absolute Gasteiger partial charge is 0.141 e. The summed E-state index contributed by atoms with van der Waals surface area (Å²) in [6, 6.07) is 9.13. The van der Waals surface area contributed by atoms with Crippen LogP contribution in [0.2, 0.25) is 0 Å². The summed E-state index contributed by atoms with van der Waals surface area (Å²) in [5, 5.41) is 1.41. The molecule has 0 radical (unpaired) electrons. The fourth-order valence-electron chi connectivity index (χ4n) is 1.82. The van der Waals surface area contributed by atoms with E-state index in [9.17, 15) is 0 Å². The number of aryl methyl sites for hydroxylation is 1. The molecule has 0 N–H and O–H groups in total. The van der Waals surface area contributed by atoms with Gasteiger partial charge in [0.1, 0.15) is 0 Å². The number of benzene rings is 1. The molecule has 1 heterocycles. The molecule has 0 saturated heterocycles. The summed E-state index contributed by atoms with van der Waals surface area (Å²) in [4.78, 5) is 1.40. The van der Waals surface area contributed by atoms with E-state index in [0.717, 1.165) is 5.92 Å². The van der Waals surface area contributed by atoms with Crippen LogP contribution in [0.15, 0.2) is 24.3 Å². The van der Waals surface area contributed by atoms with Gasteiger partial charge < -0.3 is 0 Å². The van der Waals surface area contributed by atoms with Gasteiger partial charge in [0.2, 0.25) is 0 Å². The van der Waals surface area contributed by atoms with Crippen molar-refractivity contribution >= 4 is 21.4 Å². The second kappa shape index (κ2) is 3.74. The third-order valence-corrected chi connectivity index (χ3v) is 3.38. The summed E-state index contributed by atoms with van der Waals surface area (Å²) < 4.78 is 1.41. The van der Waals surface area contributed by atoms with E-state index >= 15 is 0 Å². The van der Waals surface area contributed by atoms with Crippen molar-refractivity contribution in [3.8, 4) is 0 Å². The highest BCUT2D eigenvalue weighted by Crippen LogP contribution is 2.26. The number of hydrogen-bond donors (Lipinski definition) is 0. The van der Waals surface area contributed by atoms with Crippen LogP contribution in [0.1, 0.15) is 24.3 Å². The topological polar surface area (TPSA) is 0 Å². The molecule has 1 aromatic heterocycles. The zero-order valence-corrected chi connectivity index (χ0v) is 9.82. The second-order valence-corrected chi connectivity index (χ2v) is 5.62. The average Bonchev–Trinajstić information content (AvgIpc) is 2.42. The SMILES string of the molecule is Cc1cc2cc(CC(C)C)ccc2s1. The summed E-state index contributed by atoms with van der Waals surface area (Å²) in [5.74, 6) is 0.743. The number of hydrogen-bond acceptors (Lipinski definition) is 1. The van der Waals surface area contributed by atoms with E-state index in [1.54, 1.807) is 0 Å². The maximum atomic E-state index is 2.33. The first-order valence-electron chi connectivity index (χ1n) is 5.14. The maximum absolute atomic E-state index is 2.33. The zero-order chi connectivity index (χ0) is 10.1. The van der Waals surface area contributed by atoms with Crippen molar-refractivity contribution in [1.29, 1.82) is 0 Å². The molecule has 0 saturated carbocycles. The first-order chi connectivity index (χ1) is 6.65. The lowest BCUT2D eigenvalue weighted by atomic mass is 10.0. The molecule has 14 heavy (non-hydrogen) atoms. The van der Waals surface area contributed by atoms with Crippen LogP contribution in [-0.2, 0) is 6.42 Å². The highest BCUT2D eigenvalue weighted by Gasteiger charge is 2.01. The fraction of sp³-hybridized carbons (Fsp3) is 0.385. The van der Waals surface area contributed by atoms with Gasteiger partial charge in [0.15, 0.2) is 0 Å². The van der Waals surface area contributed by atoms with Crippen molar-refractivity contribution in [2.24, 2.45) is 5.92 Å². The average molecular weight is 204 g/mol. The van der Waals surface area contributed by atoms with Crippen LogP contribution in [0.4, 0.5) is 0 Å². The highest BCUT2D eigenvalue weighted by atomic mass is 32.1. The molecule has 0 unspecified atom stereocenters. The van der Waals surface area contributed by atoms with E-state index in [0.29, 0.717) is 0 Å². The van der Waals surface area contributed by atoms with Gasteiger partial charge in [-0.05, 0) is 42.3 Å². The Kier molecular flexibility index (Phi) is 2.60. The Bertz CT molecular complexity index is 437. The van der Waals surface area contributed by atoms with Crippen LogP contribution in [0.5, 0.6) is 0 Å². The first-order valence-corrected chi connectivity index (χ1v) is 5.96. The zero-order valence-electron chi connectivity index (χ0n) is 9.00. The van der Waals surface area contributed by atoms with Crippen molar-refractivity contribution in [3.05, 3.63) is 34.7 Å². The van der Waals surface area contributed by atoms with E-state index in [1.165, 1.54) is 26.9 Å². The molecule has 2 aromatic rings. The number of rotatable bonds is 2. The van der Waals surface area contributed by atoms with E-state index in [4.69, 9.17) is 0 Å². The van der Waals surface area contributed by atoms with Gasteiger partial charge in [0, 0.05) is 9.58 Å². The molecule has 74 valence electrons. The molecule has 0 atom stereocenters. The number of thiophene rings is 1. The van der Waals surface area contributed by atoms with Crippen LogP contribution in [0.3, 0.4) is 0 Å². The molecule has 0 fully saturated rings. The van der Waals surface area contributed by atoms with E-state index in [2.05, 4.69) is 45.0 Å². The third-order valence-electron chi connectivity index (χ3n) is 2.35. The molecule has 0 amide bonds. The molecule has 2 rings (SSSR count). The lowest BCUT2D eigenvalue weighted by Gasteiger charge is -2.04. The van der Waals surface area contributed by atoms with E-state index in [1.807, 2.05) is 11.3 Å². The first kappa shape index (κ1) is 9.72. The van der Waals surface area contributed by atoms with Gasteiger partial charge in [-0.3, -0.25) is 0 Å². The Labute approximate surface area is 89.6 Å². The molecule has 0 aliphatic rings. The molecular weight excluding hydrogens is 188 g/mol. The third kappa shape index (κ3) is 1.98. The minimum Gasteiger partial charge on any atom is -0.141 e. The monoisotopic (exact) mass is 204 g/mol. The highest BCUT2D eigenvalue weighted by molar-refractivity contribution is 7.19. The quantitative estimate of drug-likeness (QED) is 0.680. The van der Waals surface area contributed by atoms with Gasteiger partial charge in [-0.25, -0.2) is 0 Å². The Hall–Kier alpha value is -0.820. The van der Waals surface area contributed by atoms with E-state index < -0.39 is 0 Å². The van der Waals surface area contributed by atoms with Crippen LogP contribution in [0, 0.1) is 12.8 Å². The van der Waals surface area contributed by atoms with Crippen molar-refractivity contribution in [1.82, 2.24) is 0 Å². The van der Waals surface area contributed by atoms with Crippen molar-refractivity contribution in [2.45, 2.75) is 27.2 Å². The predicted molar refractivity (Wildman–Crippen MR) is 65.1 cm³/mol. The number of fused-ring (bicyclic) bond motifs is 1. The summed E-state index contributed by atoms with van der Waals surface area (Å²) in [6.07, 6.45) is 1.19. The maximum Gasteiger partial charge on any atom is 0.0345 e. The van der Waals surface area contributed by atoms with Crippen molar-refractivity contribution in [2.75, 3.05) is 0 Å². The van der Waals surface area contributed by atoms with Gasteiger partial charge in [0.05, 0.1) is 0 Å². The predicted octanol–water partition coefficient (Wildman–Crippen LogP) is 4.41. The van der Waals surface area contributed by atoms with Gasteiger partial charge in [0.25, 0.3) is 0 Å². The minimum atomic E-state index is 0.743. The Morgan fingerprint density at radius 3 is 2.71 bits per heavy atom. The van der Waals surface area contributed by atoms with Gasteiger partial charge in [-0.1, -0.05) is 26.0 Å². The summed E-state index contributed by atoms with van der Waals surface area (Å²) in [6.45, 7) is 6.71. The van der Waals surface area contributed by atoms with Gasteiger partial charge >= 0.3 is 0 Å². The van der Waals surface area contributed by atoms with Crippen LogP contribution >= 0.6 is 11.3 Å². The Morgan fingerprint density at radius 2 is 2.00 bits per heavy atom. The minimum absolute atomic E-state index is 0.743. The van der Waals surface area contributed by atoms with Gasteiger partial charge in [-0.15, -0.1) is 11.3 Å².